The van der Waals surface area contributed by atoms with Gasteiger partial charge in [0.15, 0.2) is 0 Å². The highest BCUT2D eigenvalue weighted by Gasteiger charge is 2.24. The zero-order chi connectivity index (χ0) is 7.40. The molecule has 0 amide bonds. The Morgan fingerprint density at radius 1 is 1.50 bits per heavy atom. The summed E-state index contributed by atoms with van der Waals surface area (Å²) in [4.78, 5) is 0. The van der Waals surface area contributed by atoms with Gasteiger partial charge in [0.05, 0.1) is 12.0 Å². The average molecular weight is 139 g/mol. The summed E-state index contributed by atoms with van der Waals surface area (Å²) < 4.78 is 5.21. The van der Waals surface area contributed by atoms with E-state index in [1.54, 1.807) is 7.11 Å². The van der Waals surface area contributed by atoms with E-state index in [1.807, 2.05) is 6.92 Å². The topological polar surface area (TPSA) is 21.3 Å². The molecular formula is C8H13NO. The monoisotopic (exact) mass is 139 g/mol. The van der Waals surface area contributed by atoms with Crippen molar-refractivity contribution in [1.29, 1.82) is 0 Å². The van der Waals surface area contributed by atoms with Crippen molar-refractivity contribution < 1.29 is 4.74 Å². The van der Waals surface area contributed by atoms with E-state index in [0.29, 0.717) is 12.0 Å². The maximum atomic E-state index is 5.21. The van der Waals surface area contributed by atoms with E-state index in [-0.39, 0.29) is 0 Å². The molecular weight excluding hydrogens is 126 g/mol. The minimum atomic E-state index is 0.299. The average Bonchev–Trinajstić information content (AvgIpc) is 2.36. The van der Waals surface area contributed by atoms with Gasteiger partial charge in [-0.1, -0.05) is 5.92 Å². The molecule has 0 saturated carbocycles. The molecule has 2 nitrogen and oxygen atoms in total. The van der Waals surface area contributed by atoms with Gasteiger partial charge in [0, 0.05) is 20.2 Å². The molecule has 1 heterocycles. The molecule has 1 N–H and O–H groups in total. The molecule has 10 heavy (non-hydrogen) atoms. The van der Waals surface area contributed by atoms with E-state index in [2.05, 4.69) is 17.2 Å². The number of hydrogen-bond donors (Lipinski definition) is 1. The molecule has 0 aromatic heterocycles. The van der Waals surface area contributed by atoms with Crippen LogP contribution in [0.3, 0.4) is 0 Å². The van der Waals surface area contributed by atoms with Gasteiger partial charge in [-0.25, -0.2) is 0 Å². The molecule has 0 radical (unpaired) electrons. The zero-order valence-corrected chi connectivity index (χ0v) is 6.48. The normalized spacial score (nSPS) is 31.4. The number of nitrogens with one attached hydrogen (secondary N) is 1. The molecule has 1 rings (SSSR count). The zero-order valence-electron chi connectivity index (χ0n) is 6.48. The molecule has 0 aromatic carbocycles. The number of rotatable bonds is 1. The van der Waals surface area contributed by atoms with Crippen LogP contribution < -0.4 is 5.32 Å². The quantitative estimate of drug-likeness (QED) is 0.526. The third-order valence-corrected chi connectivity index (χ3v) is 1.79. The predicted octanol–water partition coefficient (Wildman–Crippen LogP) is 0.244. The lowest BCUT2D eigenvalue weighted by molar-refractivity contribution is 0.100. The van der Waals surface area contributed by atoms with Gasteiger partial charge < -0.3 is 10.1 Å². The molecule has 1 fully saturated rings. The predicted molar refractivity (Wildman–Crippen MR) is 40.6 cm³/mol. The van der Waals surface area contributed by atoms with Crippen molar-refractivity contribution in [2.45, 2.75) is 13.0 Å². The molecule has 1 aliphatic heterocycles. The Kier molecular flexibility index (Phi) is 2.73. The Labute approximate surface area is 62.0 Å². The van der Waals surface area contributed by atoms with E-state index in [0.717, 1.165) is 13.1 Å². The first-order valence-corrected chi connectivity index (χ1v) is 3.54. The maximum absolute atomic E-state index is 5.21. The van der Waals surface area contributed by atoms with Crippen LogP contribution >= 0.6 is 0 Å². The lowest BCUT2D eigenvalue weighted by atomic mass is 10.1. The SMILES string of the molecule is CC#C[C@@H]1CNC[C@H]1OC. The Morgan fingerprint density at radius 2 is 2.30 bits per heavy atom. The summed E-state index contributed by atoms with van der Waals surface area (Å²) in [7, 11) is 1.74. The van der Waals surface area contributed by atoms with Crippen molar-refractivity contribution in [1.82, 2.24) is 5.32 Å². The third kappa shape index (κ3) is 1.50. The Balaban J connectivity index is 2.47. The van der Waals surface area contributed by atoms with E-state index in [9.17, 15) is 0 Å². The second-order valence-electron chi connectivity index (χ2n) is 2.43. The fourth-order valence-corrected chi connectivity index (χ4v) is 1.23. The summed E-state index contributed by atoms with van der Waals surface area (Å²) in [6.07, 6.45) is 0.299. The summed E-state index contributed by atoms with van der Waals surface area (Å²) in [5.74, 6) is 6.41. The summed E-state index contributed by atoms with van der Waals surface area (Å²) in [5.41, 5.74) is 0. The van der Waals surface area contributed by atoms with Gasteiger partial charge in [-0.15, -0.1) is 5.92 Å². The molecule has 0 unspecified atom stereocenters. The minimum absolute atomic E-state index is 0.299. The van der Waals surface area contributed by atoms with Crippen LogP contribution in [0.15, 0.2) is 0 Å². The van der Waals surface area contributed by atoms with Gasteiger partial charge in [0.25, 0.3) is 0 Å². The first-order valence-electron chi connectivity index (χ1n) is 3.54. The minimum Gasteiger partial charge on any atom is -0.379 e. The van der Waals surface area contributed by atoms with Gasteiger partial charge in [-0.05, 0) is 6.92 Å². The molecule has 0 aliphatic carbocycles. The summed E-state index contributed by atoms with van der Waals surface area (Å²) in [6, 6.07) is 0. The van der Waals surface area contributed by atoms with Crippen LogP contribution in [0.25, 0.3) is 0 Å². The summed E-state index contributed by atoms with van der Waals surface area (Å²) in [6.45, 7) is 3.78. The Morgan fingerprint density at radius 3 is 2.90 bits per heavy atom. The highest BCUT2D eigenvalue weighted by Crippen LogP contribution is 2.09. The first kappa shape index (κ1) is 7.59. The smallest absolute Gasteiger partial charge is 0.0845 e. The van der Waals surface area contributed by atoms with Crippen LogP contribution in [-0.2, 0) is 4.74 Å². The largest absolute Gasteiger partial charge is 0.379 e. The Hall–Kier alpha value is -0.520. The lowest BCUT2D eigenvalue weighted by Gasteiger charge is -2.09. The molecule has 2 atom stereocenters. The highest BCUT2D eigenvalue weighted by atomic mass is 16.5. The fraction of sp³-hybridized carbons (Fsp3) is 0.750. The van der Waals surface area contributed by atoms with Gasteiger partial charge in [0.2, 0.25) is 0 Å². The van der Waals surface area contributed by atoms with E-state index in [4.69, 9.17) is 4.74 Å². The second kappa shape index (κ2) is 3.60. The van der Waals surface area contributed by atoms with Gasteiger partial charge in [-0.2, -0.15) is 0 Å². The maximum Gasteiger partial charge on any atom is 0.0845 e. The number of ether oxygens (including phenoxy) is 1. The molecule has 0 aromatic rings. The van der Waals surface area contributed by atoms with E-state index < -0.39 is 0 Å². The molecule has 2 heteroatoms. The summed E-state index contributed by atoms with van der Waals surface area (Å²) >= 11 is 0. The van der Waals surface area contributed by atoms with Crippen molar-refractivity contribution in [2.75, 3.05) is 20.2 Å². The summed E-state index contributed by atoms with van der Waals surface area (Å²) in [5, 5.41) is 3.23. The molecule has 56 valence electrons. The number of hydrogen-bond acceptors (Lipinski definition) is 2. The van der Waals surface area contributed by atoms with Crippen LogP contribution in [-0.4, -0.2) is 26.3 Å². The van der Waals surface area contributed by atoms with Crippen molar-refractivity contribution in [2.24, 2.45) is 5.92 Å². The van der Waals surface area contributed by atoms with Crippen LogP contribution in [0, 0.1) is 17.8 Å². The number of methoxy groups -OCH3 is 1. The van der Waals surface area contributed by atoms with Crippen molar-refractivity contribution >= 4 is 0 Å². The lowest BCUT2D eigenvalue weighted by Crippen LogP contribution is -2.19. The van der Waals surface area contributed by atoms with Crippen LogP contribution in [0.5, 0.6) is 0 Å². The van der Waals surface area contributed by atoms with Gasteiger partial charge in [-0.3, -0.25) is 0 Å². The fourth-order valence-electron chi connectivity index (χ4n) is 1.23. The molecule has 0 spiro atoms. The second-order valence-corrected chi connectivity index (χ2v) is 2.43. The molecule has 0 bridgehead atoms. The molecule has 1 aliphatic rings. The standard InChI is InChI=1S/C8H13NO/c1-3-4-7-5-9-6-8(7)10-2/h7-9H,5-6H2,1-2H3/t7-,8-/m1/s1. The third-order valence-electron chi connectivity index (χ3n) is 1.79. The van der Waals surface area contributed by atoms with E-state index >= 15 is 0 Å². The van der Waals surface area contributed by atoms with Crippen molar-refractivity contribution in [3.05, 3.63) is 0 Å². The van der Waals surface area contributed by atoms with Crippen LogP contribution in [0.4, 0.5) is 0 Å². The molecule has 1 saturated heterocycles. The first-order chi connectivity index (χ1) is 4.88. The van der Waals surface area contributed by atoms with Gasteiger partial charge >= 0.3 is 0 Å². The van der Waals surface area contributed by atoms with Gasteiger partial charge in [0.1, 0.15) is 0 Å². The van der Waals surface area contributed by atoms with E-state index in [1.165, 1.54) is 0 Å². The van der Waals surface area contributed by atoms with Crippen LogP contribution in [0.2, 0.25) is 0 Å². The van der Waals surface area contributed by atoms with Crippen molar-refractivity contribution in [3.63, 3.8) is 0 Å². The van der Waals surface area contributed by atoms with Crippen molar-refractivity contribution in [3.8, 4) is 11.8 Å². The Bertz CT molecular complexity index is 156. The highest BCUT2D eigenvalue weighted by molar-refractivity contribution is 5.07. The van der Waals surface area contributed by atoms with Crippen LogP contribution in [0.1, 0.15) is 6.92 Å².